The molecule has 0 amide bonds. The van der Waals surface area contributed by atoms with Crippen molar-refractivity contribution in [3.8, 4) is 33.4 Å². The topological polar surface area (TPSA) is 9.72 Å². The van der Waals surface area contributed by atoms with Gasteiger partial charge < -0.3 is 14.7 Å². The number of halogens is 3. The third-order valence-electron chi connectivity index (χ3n) is 11.9. The zero-order valence-electron chi connectivity index (χ0n) is 34.7. The van der Waals surface area contributed by atoms with Crippen LogP contribution < -0.4 is 14.7 Å². The second-order valence-electron chi connectivity index (χ2n) is 15.7. The van der Waals surface area contributed by atoms with Gasteiger partial charge in [0.2, 0.25) is 0 Å². The first-order valence-electron chi connectivity index (χ1n) is 21.1. The van der Waals surface area contributed by atoms with Crippen molar-refractivity contribution in [1.82, 2.24) is 0 Å². The SMILES string of the molecule is Fc1ccc(N2Cc3ccccc3-c3ccccc32)cc1.Fc1ccc(N2Cc3ccccc3-c3ccccc32)cc1.Fc1ccc(N2Cc3ccccc3-c3ccccc32)cc1.[Ir]. The molecule has 0 N–H and O–H groups in total. The van der Waals surface area contributed by atoms with E-state index in [0.29, 0.717) is 0 Å². The number of benzene rings is 9. The number of hydrogen-bond acceptors (Lipinski definition) is 3. The van der Waals surface area contributed by atoms with E-state index in [1.807, 2.05) is 54.6 Å². The maximum Gasteiger partial charge on any atom is 0.123 e. The fourth-order valence-corrected chi connectivity index (χ4v) is 8.89. The molecule has 3 nitrogen and oxygen atoms in total. The summed E-state index contributed by atoms with van der Waals surface area (Å²) < 4.78 is 39.5. The first kappa shape index (κ1) is 42.1. The van der Waals surface area contributed by atoms with Gasteiger partial charge in [0, 0.05) is 90.6 Å². The molecule has 0 spiro atoms. The summed E-state index contributed by atoms with van der Waals surface area (Å²) in [5.41, 5.74) is 17.9. The van der Waals surface area contributed by atoms with Gasteiger partial charge in [-0.3, -0.25) is 0 Å². The van der Waals surface area contributed by atoms with Crippen LogP contribution >= 0.6 is 0 Å². The second kappa shape index (κ2) is 18.7. The molecule has 0 bridgehead atoms. The summed E-state index contributed by atoms with van der Waals surface area (Å²) in [6.07, 6.45) is 0. The van der Waals surface area contributed by atoms with Gasteiger partial charge in [0.1, 0.15) is 17.5 Å². The van der Waals surface area contributed by atoms with Crippen molar-refractivity contribution < 1.29 is 33.3 Å². The molecule has 12 rings (SSSR count). The van der Waals surface area contributed by atoms with Crippen LogP contribution in [0.1, 0.15) is 16.7 Å². The van der Waals surface area contributed by atoms with E-state index in [9.17, 15) is 13.2 Å². The van der Waals surface area contributed by atoms with E-state index >= 15 is 0 Å². The molecule has 1 radical (unpaired) electrons. The van der Waals surface area contributed by atoms with Crippen LogP contribution in [0.25, 0.3) is 33.4 Å². The molecule has 3 aliphatic rings. The Balaban J connectivity index is 0.000000121. The largest absolute Gasteiger partial charge is 0.336 e. The second-order valence-corrected chi connectivity index (χ2v) is 15.7. The van der Waals surface area contributed by atoms with Gasteiger partial charge >= 0.3 is 0 Å². The van der Waals surface area contributed by atoms with E-state index in [1.165, 1.54) is 104 Å². The normalized spacial score (nSPS) is 12.5. The van der Waals surface area contributed by atoms with Crippen LogP contribution in [-0.4, -0.2) is 0 Å². The molecule has 9 aromatic rings. The van der Waals surface area contributed by atoms with Gasteiger partial charge in [0.25, 0.3) is 0 Å². The Morgan fingerprint density at radius 2 is 0.469 bits per heavy atom. The van der Waals surface area contributed by atoms with Crippen molar-refractivity contribution >= 4 is 34.1 Å². The average Bonchev–Trinajstić information content (AvgIpc) is 3.34. The van der Waals surface area contributed by atoms with Gasteiger partial charge in [-0.2, -0.15) is 0 Å². The van der Waals surface area contributed by atoms with Gasteiger partial charge in [-0.1, -0.05) is 127 Å². The zero-order chi connectivity index (χ0) is 42.7. The van der Waals surface area contributed by atoms with Crippen LogP contribution in [0.2, 0.25) is 0 Å². The van der Waals surface area contributed by atoms with Gasteiger partial charge in [-0.25, -0.2) is 13.2 Å². The summed E-state index contributed by atoms with van der Waals surface area (Å²) in [6, 6.07) is 70.5. The Morgan fingerprint density at radius 1 is 0.250 bits per heavy atom. The molecule has 64 heavy (non-hydrogen) atoms. The minimum absolute atomic E-state index is 0. The molecule has 0 aliphatic carbocycles. The molecule has 0 atom stereocenters. The van der Waals surface area contributed by atoms with E-state index < -0.39 is 0 Å². The van der Waals surface area contributed by atoms with Crippen LogP contribution in [0, 0.1) is 17.5 Å². The summed E-state index contributed by atoms with van der Waals surface area (Å²) in [5, 5.41) is 0. The molecule has 3 heterocycles. The van der Waals surface area contributed by atoms with Gasteiger partial charge in [0.05, 0.1) is 0 Å². The van der Waals surface area contributed by atoms with Crippen molar-refractivity contribution in [3.05, 3.63) is 253 Å². The molecule has 7 heteroatoms. The van der Waals surface area contributed by atoms with E-state index in [-0.39, 0.29) is 37.6 Å². The molecule has 0 fully saturated rings. The number of rotatable bonds is 3. The predicted octanol–water partition coefficient (Wildman–Crippen LogP) is 15.4. The first-order chi connectivity index (χ1) is 31.0. The molecule has 0 aromatic heterocycles. The summed E-state index contributed by atoms with van der Waals surface area (Å²) in [4.78, 5) is 6.70. The van der Waals surface area contributed by atoms with E-state index in [2.05, 4.69) is 142 Å². The predicted molar refractivity (Wildman–Crippen MR) is 252 cm³/mol. The first-order valence-corrected chi connectivity index (χ1v) is 21.1. The molecule has 0 unspecified atom stereocenters. The van der Waals surface area contributed by atoms with Crippen LogP contribution in [0.5, 0.6) is 0 Å². The number of anilines is 6. The number of para-hydroxylation sites is 3. The van der Waals surface area contributed by atoms with Crippen molar-refractivity contribution in [2.24, 2.45) is 0 Å². The zero-order valence-corrected chi connectivity index (χ0v) is 37.1. The fourth-order valence-electron chi connectivity index (χ4n) is 8.89. The summed E-state index contributed by atoms with van der Waals surface area (Å²) in [5.74, 6) is -0.613. The quantitative estimate of drug-likeness (QED) is 0.175. The van der Waals surface area contributed by atoms with Crippen LogP contribution in [0.3, 0.4) is 0 Å². The van der Waals surface area contributed by atoms with E-state index in [0.717, 1.165) is 36.7 Å². The number of fused-ring (bicyclic) bond motifs is 9. The van der Waals surface area contributed by atoms with Crippen molar-refractivity contribution in [2.45, 2.75) is 19.6 Å². The summed E-state index contributed by atoms with van der Waals surface area (Å²) >= 11 is 0. The van der Waals surface area contributed by atoms with Gasteiger partial charge in [0.15, 0.2) is 0 Å². The summed E-state index contributed by atoms with van der Waals surface area (Å²) in [7, 11) is 0. The molecule has 0 saturated carbocycles. The average molecular weight is 1020 g/mol. The standard InChI is InChI=1S/3C19H14FN.Ir/c3*20-15-9-11-16(12-10-15)21-13-14-5-1-2-6-17(14)18-7-3-4-8-19(18)21;/h3*1-12H,13H2;. The maximum absolute atomic E-state index is 13.2. The molecular formula is C57H42F3IrN3. The van der Waals surface area contributed by atoms with E-state index in [4.69, 9.17) is 0 Å². The summed E-state index contributed by atoms with van der Waals surface area (Å²) in [6.45, 7) is 2.41. The Bertz CT molecular complexity index is 2710. The number of hydrogen-bond donors (Lipinski definition) is 0. The minimum atomic E-state index is -0.204. The third-order valence-corrected chi connectivity index (χ3v) is 11.9. The van der Waals surface area contributed by atoms with Gasteiger partial charge in [-0.05, 0) is 124 Å². The third kappa shape index (κ3) is 8.48. The monoisotopic (exact) mass is 1020 g/mol. The molecular weight excluding hydrogens is 976 g/mol. The van der Waals surface area contributed by atoms with Crippen molar-refractivity contribution in [1.29, 1.82) is 0 Å². The van der Waals surface area contributed by atoms with Crippen LogP contribution in [0.4, 0.5) is 47.3 Å². The van der Waals surface area contributed by atoms with Gasteiger partial charge in [-0.15, -0.1) is 0 Å². The minimum Gasteiger partial charge on any atom is -0.336 e. The Labute approximate surface area is 385 Å². The Kier molecular flexibility index (Phi) is 12.3. The Hall–Kier alpha value is -7.18. The van der Waals surface area contributed by atoms with Crippen LogP contribution in [-0.2, 0) is 39.7 Å². The molecule has 0 saturated heterocycles. The fraction of sp³-hybridized carbons (Fsp3) is 0.0526. The molecule has 315 valence electrons. The van der Waals surface area contributed by atoms with Crippen molar-refractivity contribution in [3.63, 3.8) is 0 Å². The molecule has 3 aliphatic heterocycles. The van der Waals surface area contributed by atoms with Crippen LogP contribution in [0.15, 0.2) is 218 Å². The Morgan fingerprint density at radius 3 is 0.734 bits per heavy atom. The maximum atomic E-state index is 13.2. The smallest absolute Gasteiger partial charge is 0.123 e. The number of nitrogens with zero attached hydrogens (tertiary/aromatic N) is 3. The molecule has 9 aromatic carbocycles. The van der Waals surface area contributed by atoms with E-state index in [1.54, 1.807) is 0 Å². The van der Waals surface area contributed by atoms with Crippen molar-refractivity contribution in [2.75, 3.05) is 14.7 Å².